The fourth-order valence-electron chi connectivity index (χ4n) is 2.35. The van der Waals surface area contributed by atoms with E-state index in [9.17, 15) is 0 Å². The van der Waals surface area contributed by atoms with E-state index in [2.05, 4.69) is 38.5 Å². The zero-order chi connectivity index (χ0) is 15.5. The lowest BCUT2D eigenvalue weighted by Crippen LogP contribution is -2.21. The van der Waals surface area contributed by atoms with Crippen LogP contribution in [0.2, 0.25) is 0 Å². The highest BCUT2D eigenvalue weighted by atomic mass is 15.3. The predicted molar refractivity (Wildman–Crippen MR) is 87.4 cm³/mol. The molecule has 0 aliphatic rings. The Morgan fingerprint density at radius 3 is 2.59 bits per heavy atom. The number of pyridine rings is 1. The van der Waals surface area contributed by atoms with Gasteiger partial charge in [-0.15, -0.1) is 5.10 Å². The smallest absolute Gasteiger partial charge is 0.286 e. The van der Waals surface area contributed by atoms with Crippen LogP contribution in [0.1, 0.15) is 5.56 Å². The summed E-state index contributed by atoms with van der Waals surface area (Å²) in [6.45, 7) is 0. The molecule has 0 amide bonds. The van der Waals surface area contributed by atoms with Crippen LogP contribution in [0.5, 0.6) is 0 Å². The molecule has 0 unspecified atom stereocenters. The summed E-state index contributed by atoms with van der Waals surface area (Å²) in [6, 6.07) is 14.2. The van der Waals surface area contributed by atoms with E-state index in [0.717, 1.165) is 22.5 Å². The van der Waals surface area contributed by atoms with Gasteiger partial charge in [-0.05, 0) is 23.8 Å². The molecule has 2 aromatic heterocycles. The molecule has 3 rings (SSSR count). The number of aryl methyl sites for hydroxylation is 1. The molecule has 6 heteroatoms. The Balaban J connectivity index is 1.93. The summed E-state index contributed by atoms with van der Waals surface area (Å²) in [7, 11) is 2.05. The average molecular weight is 293 g/mol. The second-order valence-electron chi connectivity index (χ2n) is 4.93. The third-order valence-corrected chi connectivity index (χ3v) is 3.42. The van der Waals surface area contributed by atoms with Crippen molar-refractivity contribution in [1.82, 2.24) is 4.57 Å². The molecule has 0 aliphatic heterocycles. The van der Waals surface area contributed by atoms with Crippen molar-refractivity contribution in [2.75, 3.05) is 0 Å². The molecule has 0 bridgehead atoms. The zero-order valence-corrected chi connectivity index (χ0v) is 12.2. The van der Waals surface area contributed by atoms with E-state index in [1.165, 1.54) is 0 Å². The maximum absolute atomic E-state index is 5.22. The molecule has 4 N–H and O–H groups in total. The number of nitrogens with two attached hydrogens (primary N) is 2. The first kappa shape index (κ1) is 13.8. The normalized spacial score (nSPS) is 11.1. The molecule has 0 radical (unpaired) electrons. The fourth-order valence-corrected chi connectivity index (χ4v) is 2.35. The summed E-state index contributed by atoms with van der Waals surface area (Å²) < 4.78 is 4.26. The zero-order valence-electron chi connectivity index (χ0n) is 12.2. The Bertz CT molecular complexity index is 854. The van der Waals surface area contributed by atoms with Crippen molar-refractivity contribution in [3.63, 3.8) is 0 Å². The quantitative estimate of drug-likeness (QED) is 0.327. The van der Waals surface area contributed by atoms with Crippen LogP contribution in [0.3, 0.4) is 0 Å². The van der Waals surface area contributed by atoms with Gasteiger partial charge in [0.2, 0.25) is 5.96 Å². The van der Waals surface area contributed by atoms with Gasteiger partial charge in [-0.2, -0.15) is 5.10 Å². The number of aromatic nitrogens is 2. The van der Waals surface area contributed by atoms with Gasteiger partial charge in [0, 0.05) is 11.6 Å². The second-order valence-corrected chi connectivity index (χ2v) is 4.93. The lowest BCUT2D eigenvalue weighted by Gasteiger charge is -1.98. The van der Waals surface area contributed by atoms with Crippen molar-refractivity contribution in [2.45, 2.75) is 0 Å². The molecule has 0 fully saturated rings. The van der Waals surface area contributed by atoms with Crippen LogP contribution in [0.4, 0.5) is 0 Å². The minimum absolute atomic E-state index is 0.0552. The molecule has 22 heavy (non-hydrogen) atoms. The summed E-state index contributed by atoms with van der Waals surface area (Å²) in [6.07, 6.45) is 5.76. The summed E-state index contributed by atoms with van der Waals surface area (Å²) in [5, 5.41) is 7.38. The Morgan fingerprint density at radius 2 is 1.91 bits per heavy atom. The van der Waals surface area contributed by atoms with Gasteiger partial charge >= 0.3 is 0 Å². The van der Waals surface area contributed by atoms with E-state index in [-0.39, 0.29) is 5.96 Å². The molecular formula is C16H17N6+. The van der Waals surface area contributed by atoms with E-state index in [1.54, 1.807) is 6.21 Å². The average Bonchev–Trinajstić information content (AvgIpc) is 2.85. The van der Waals surface area contributed by atoms with Crippen molar-refractivity contribution in [3.05, 3.63) is 60.4 Å². The Morgan fingerprint density at radius 1 is 1.14 bits per heavy atom. The van der Waals surface area contributed by atoms with Gasteiger partial charge < -0.3 is 11.5 Å². The van der Waals surface area contributed by atoms with E-state index >= 15 is 0 Å². The predicted octanol–water partition coefficient (Wildman–Crippen LogP) is 1.04. The Hall–Kier alpha value is -3.15. The lowest BCUT2D eigenvalue weighted by molar-refractivity contribution is -0.510. The number of hydrogen-bond donors (Lipinski definition) is 2. The minimum Gasteiger partial charge on any atom is -0.369 e. The summed E-state index contributed by atoms with van der Waals surface area (Å²) in [5.41, 5.74) is 14.8. The number of fused-ring (bicyclic) bond motifs is 1. The largest absolute Gasteiger partial charge is 0.369 e. The third-order valence-electron chi connectivity index (χ3n) is 3.42. The summed E-state index contributed by atoms with van der Waals surface area (Å²) in [5.74, 6) is -0.0552. The molecule has 3 aromatic rings. The Kier molecular flexibility index (Phi) is 3.57. The highest BCUT2D eigenvalue weighted by molar-refractivity contribution is 5.82. The van der Waals surface area contributed by atoms with E-state index in [0.29, 0.717) is 0 Å². The molecule has 0 saturated carbocycles. The third kappa shape index (κ3) is 2.67. The summed E-state index contributed by atoms with van der Waals surface area (Å²) in [4.78, 5) is 0. The van der Waals surface area contributed by atoms with Gasteiger partial charge in [0.25, 0.3) is 5.65 Å². The number of hydrogen-bond acceptors (Lipinski definition) is 2. The van der Waals surface area contributed by atoms with Crippen LogP contribution in [-0.4, -0.2) is 16.7 Å². The SMILES string of the molecule is Cn1c(-c2ccc(/C=N\N=C(N)N)cc2)c[n+]2ccccc12. The molecule has 0 aliphatic carbocycles. The van der Waals surface area contributed by atoms with Gasteiger partial charge in [0.15, 0.2) is 5.69 Å². The lowest BCUT2D eigenvalue weighted by atomic mass is 10.1. The molecule has 0 atom stereocenters. The number of benzene rings is 1. The van der Waals surface area contributed by atoms with Gasteiger partial charge in [0.05, 0.1) is 19.5 Å². The topological polar surface area (TPSA) is 85.8 Å². The van der Waals surface area contributed by atoms with Gasteiger partial charge in [0.1, 0.15) is 6.20 Å². The highest BCUT2D eigenvalue weighted by Gasteiger charge is 2.14. The van der Waals surface area contributed by atoms with Crippen LogP contribution in [-0.2, 0) is 7.05 Å². The molecule has 0 spiro atoms. The number of rotatable bonds is 3. The van der Waals surface area contributed by atoms with Crippen LogP contribution in [0.15, 0.2) is 65.1 Å². The van der Waals surface area contributed by atoms with Crippen molar-refractivity contribution in [3.8, 4) is 11.3 Å². The maximum Gasteiger partial charge on any atom is 0.286 e. The molecule has 0 saturated heterocycles. The first-order valence-electron chi connectivity index (χ1n) is 6.83. The first-order valence-corrected chi connectivity index (χ1v) is 6.83. The minimum atomic E-state index is -0.0552. The standard InChI is InChI=1S/C16H17N6/c1-21-14(11-22-9-3-2-4-15(21)22)13-7-5-12(6-8-13)10-19-20-16(17)18/h2-11H,1H3,(H4,17,18,20)/q+1/b19-10-. The monoisotopic (exact) mass is 293 g/mol. The first-order chi connectivity index (χ1) is 10.6. The second kappa shape index (κ2) is 5.69. The maximum atomic E-state index is 5.22. The molecule has 2 heterocycles. The van der Waals surface area contributed by atoms with Crippen molar-refractivity contribution in [2.24, 2.45) is 28.7 Å². The van der Waals surface area contributed by atoms with E-state index in [4.69, 9.17) is 11.5 Å². The van der Waals surface area contributed by atoms with E-state index < -0.39 is 0 Å². The fraction of sp³-hybridized carbons (Fsp3) is 0.0625. The van der Waals surface area contributed by atoms with E-state index in [1.807, 2.05) is 42.6 Å². The number of guanidine groups is 1. The number of imidazole rings is 1. The number of nitrogens with zero attached hydrogens (tertiary/aromatic N) is 4. The van der Waals surface area contributed by atoms with Crippen molar-refractivity contribution in [1.29, 1.82) is 0 Å². The molecule has 1 aromatic carbocycles. The van der Waals surface area contributed by atoms with Crippen LogP contribution >= 0.6 is 0 Å². The van der Waals surface area contributed by atoms with Gasteiger partial charge in [-0.25, -0.2) is 8.97 Å². The molecular weight excluding hydrogens is 276 g/mol. The van der Waals surface area contributed by atoms with Gasteiger partial charge in [-0.3, -0.25) is 0 Å². The van der Waals surface area contributed by atoms with Crippen LogP contribution in [0.25, 0.3) is 16.9 Å². The van der Waals surface area contributed by atoms with Crippen LogP contribution < -0.4 is 15.9 Å². The highest BCUT2D eigenvalue weighted by Crippen LogP contribution is 2.19. The van der Waals surface area contributed by atoms with Crippen molar-refractivity contribution < 1.29 is 4.40 Å². The molecule has 6 nitrogen and oxygen atoms in total. The summed E-state index contributed by atoms with van der Waals surface area (Å²) >= 11 is 0. The Labute approximate surface area is 128 Å². The van der Waals surface area contributed by atoms with Crippen LogP contribution in [0, 0.1) is 0 Å². The van der Waals surface area contributed by atoms with Crippen molar-refractivity contribution >= 4 is 17.8 Å². The van der Waals surface area contributed by atoms with Gasteiger partial charge in [-0.1, -0.05) is 18.2 Å². The molecule has 110 valence electrons.